The lowest BCUT2D eigenvalue weighted by Crippen LogP contribution is -2.31. The van der Waals surface area contributed by atoms with Gasteiger partial charge in [-0.05, 0) is 36.0 Å². The number of rotatable bonds is 2. The van der Waals surface area contributed by atoms with Crippen LogP contribution in [-0.4, -0.2) is 24.7 Å². The molecule has 3 rings (SSSR count). The van der Waals surface area contributed by atoms with E-state index >= 15 is 0 Å². The predicted molar refractivity (Wildman–Crippen MR) is 70.7 cm³/mol. The van der Waals surface area contributed by atoms with Gasteiger partial charge in [-0.3, -0.25) is 4.79 Å². The summed E-state index contributed by atoms with van der Waals surface area (Å²) in [5.74, 6) is 0.746. The molecule has 0 aromatic heterocycles. The molecule has 1 fully saturated rings. The van der Waals surface area contributed by atoms with Crippen molar-refractivity contribution >= 4 is 11.6 Å². The van der Waals surface area contributed by atoms with Gasteiger partial charge in [0.1, 0.15) is 0 Å². The summed E-state index contributed by atoms with van der Waals surface area (Å²) in [6.45, 7) is 2.41. The first-order valence-corrected chi connectivity index (χ1v) is 6.59. The molecule has 1 aliphatic carbocycles. The molecule has 1 aromatic rings. The Morgan fingerprint density at radius 2 is 2.17 bits per heavy atom. The Kier molecular flexibility index (Phi) is 2.49. The Morgan fingerprint density at radius 3 is 2.78 bits per heavy atom. The molecular weight excluding hydrogens is 226 g/mol. The lowest BCUT2D eigenvalue weighted by Gasteiger charge is -2.27. The molecule has 0 radical (unpaired) electrons. The quantitative estimate of drug-likeness (QED) is 0.864. The number of fused-ring (bicyclic) bond motifs is 1. The van der Waals surface area contributed by atoms with E-state index in [0.717, 1.165) is 18.5 Å². The molecule has 1 amide bonds. The van der Waals surface area contributed by atoms with Crippen molar-refractivity contribution in [3.8, 4) is 0 Å². The maximum atomic E-state index is 11.6. The first-order chi connectivity index (χ1) is 8.58. The summed E-state index contributed by atoms with van der Waals surface area (Å²) < 4.78 is 0. The highest BCUT2D eigenvalue weighted by Crippen LogP contribution is 2.54. The summed E-state index contributed by atoms with van der Waals surface area (Å²) in [5, 5.41) is 9.61. The molecule has 2 aliphatic rings. The largest absolute Gasteiger partial charge is 0.395 e. The van der Waals surface area contributed by atoms with Gasteiger partial charge in [0, 0.05) is 24.6 Å². The molecule has 0 saturated heterocycles. The fraction of sp³-hybridized carbons (Fsp3) is 0.533. The van der Waals surface area contributed by atoms with E-state index in [4.69, 9.17) is 0 Å². The molecule has 1 N–H and O–H groups in total. The van der Waals surface area contributed by atoms with Gasteiger partial charge in [-0.15, -0.1) is 0 Å². The summed E-state index contributed by atoms with van der Waals surface area (Å²) in [7, 11) is 1.83. The lowest BCUT2D eigenvalue weighted by atomic mass is 9.90. The van der Waals surface area contributed by atoms with Crippen molar-refractivity contribution in [1.29, 1.82) is 0 Å². The van der Waals surface area contributed by atoms with Gasteiger partial charge >= 0.3 is 0 Å². The minimum absolute atomic E-state index is 0.0188. The summed E-state index contributed by atoms with van der Waals surface area (Å²) in [4.78, 5) is 13.4. The van der Waals surface area contributed by atoms with Crippen LogP contribution in [0.15, 0.2) is 18.2 Å². The first kappa shape index (κ1) is 11.7. The number of hydrogen-bond acceptors (Lipinski definition) is 2. The molecule has 1 saturated carbocycles. The third-order valence-corrected chi connectivity index (χ3v) is 4.73. The van der Waals surface area contributed by atoms with E-state index in [1.165, 1.54) is 11.1 Å². The Bertz CT molecular complexity index is 507. The zero-order valence-corrected chi connectivity index (χ0v) is 10.9. The van der Waals surface area contributed by atoms with Gasteiger partial charge in [-0.25, -0.2) is 0 Å². The average Bonchev–Trinajstić information content (AvgIpc) is 3.06. The van der Waals surface area contributed by atoms with Gasteiger partial charge < -0.3 is 10.0 Å². The maximum Gasteiger partial charge on any atom is 0.227 e. The molecule has 1 aromatic carbocycles. The topological polar surface area (TPSA) is 40.5 Å². The van der Waals surface area contributed by atoms with Gasteiger partial charge in [-0.1, -0.05) is 19.1 Å². The number of carbonyl (C=O) groups is 1. The van der Waals surface area contributed by atoms with Gasteiger partial charge in [0.05, 0.1) is 6.61 Å². The van der Waals surface area contributed by atoms with Crippen LogP contribution in [0.5, 0.6) is 0 Å². The predicted octanol–water partition coefficient (Wildman–Crippen LogP) is 1.87. The van der Waals surface area contributed by atoms with Crippen LogP contribution in [0.1, 0.15) is 30.9 Å². The minimum Gasteiger partial charge on any atom is -0.395 e. The van der Waals surface area contributed by atoms with Gasteiger partial charge in [0.2, 0.25) is 5.91 Å². The second-order valence-corrected chi connectivity index (χ2v) is 5.72. The maximum absolute atomic E-state index is 11.6. The number of aliphatic hydroxyl groups is 1. The molecule has 0 bridgehead atoms. The zero-order chi connectivity index (χ0) is 12.9. The van der Waals surface area contributed by atoms with Crippen molar-refractivity contribution in [2.75, 3.05) is 18.6 Å². The average molecular weight is 245 g/mol. The summed E-state index contributed by atoms with van der Waals surface area (Å²) >= 11 is 0. The molecule has 2 unspecified atom stereocenters. The summed E-state index contributed by atoms with van der Waals surface area (Å²) in [6, 6.07) is 6.30. The standard InChI is InChI=1S/C15H19NO2/c1-10-8-15(10,9-17)12-4-5-13-11(7-12)3-6-14(18)16(13)2/h4-5,7,10,17H,3,6,8-9H2,1-2H3. The number of aliphatic hydroxyl groups excluding tert-OH is 1. The van der Waals surface area contributed by atoms with E-state index in [1.807, 2.05) is 13.1 Å². The minimum atomic E-state index is -0.0188. The number of benzene rings is 1. The van der Waals surface area contributed by atoms with Gasteiger partial charge in [0.15, 0.2) is 0 Å². The number of hydrogen-bond donors (Lipinski definition) is 1. The van der Waals surface area contributed by atoms with Crippen LogP contribution in [0.3, 0.4) is 0 Å². The molecule has 3 heteroatoms. The number of aryl methyl sites for hydroxylation is 1. The highest BCUT2D eigenvalue weighted by Gasteiger charge is 2.52. The van der Waals surface area contributed by atoms with Crippen molar-refractivity contribution in [2.24, 2.45) is 5.92 Å². The van der Waals surface area contributed by atoms with Crippen LogP contribution in [0.25, 0.3) is 0 Å². The monoisotopic (exact) mass is 245 g/mol. The van der Waals surface area contributed by atoms with Crippen molar-refractivity contribution < 1.29 is 9.90 Å². The van der Waals surface area contributed by atoms with Gasteiger partial charge in [-0.2, -0.15) is 0 Å². The smallest absolute Gasteiger partial charge is 0.227 e. The van der Waals surface area contributed by atoms with Crippen molar-refractivity contribution in [3.05, 3.63) is 29.3 Å². The molecular formula is C15H19NO2. The van der Waals surface area contributed by atoms with Crippen molar-refractivity contribution in [2.45, 2.75) is 31.6 Å². The SMILES string of the molecule is CC1CC1(CO)c1ccc2c(c1)CCC(=O)N2C. The van der Waals surface area contributed by atoms with E-state index in [0.29, 0.717) is 12.3 Å². The summed E-state index contributed by atoms with van der Waals surface area (Å²) in [6.07, 6.45) is 2.48. The fourth-order valence-electron chi connectivity index (χ4n) is 3.17. The molecule has 96 valence electrons. The van der Waals surface area contributed by atoms with Crippen LogP contribution >= 0.6 is 0 Å². The molecule has 0 spiro atoms. The Morgan fingerprint density at radius 1 is 1.44 bits per heavy atom. The van der Waals surface area contributed by atoms with Crippen molar-refractivity contribution in [1.82, 2.24) is 0 Å². The third-order valence-electron chi connectivity index (χ3n) is 4.73. The highest BCUT2D eigenvalue weighted by atomic mass is 16.3. The number of amides is 1. The van der Waals surface area contributed by atoms with E-state index in [-0.39, 0.29) is 17.9 Å². The molecule has 18 heavy (non-hydrogen) atoms. The second-order valence-electron chi connectivity index (χ2n) is 5.72. The van der Waals surface area contributed by atoms with E-state index in [1.54, 1.807) is 4.90 Å². The Labute approximate surface area is 107 Å². The normalized spacial score (nSPS) is 30.3. The molecule has 3 nitrogen and oxygen atoms in total. The number of nitrogens with zero attached hydrogens (tertiary/aromatic N) is 1. The van der Waals surface area contributed by atoms with E-state index in [2.05, 4.69) is 19.1 Å². The first-order valence-electron chi connectivity index (χ1n) is 6.59. The van der Waals surface area contributed by atoms with Crippen LogP contribution in [-0.2, 0) is 16.6 Å². The second kappa shape index (κ2) is 3.82. The van der Waals surface area contributed by atoms with Crippen LogP contribution in [0.2, 0.25) is 0 Å². The molecule has 1 aliphatic heterocycles. The molecule has 1 heterocycles. The van der Waals surface area contributed by atoms with Gasteiger partial charge in [0.25, 0.3) is 0 Å². The number of carbonyl (C=O) groups excluding carboxylic acids is 1. The van der Waals surface area contributed by atoms with E-state index in [9.17, 15) is 9.90 Å². The Hall–Kier alpha value is -1.35. The third kappa shape index (κ3) is 1.50. The highest BCUT2D eigenvalue weighted by molar-refractivity contribution is 5.95. The van der Waals surface area contributed by atoms with E-state index < -0.39 is 0 Å². The van der Waals surface area contributed by atoms with Crippen LogP contribution < -0.4 is 4.90 Å². The fourth-order valence-corrected chi connectivity index (χ4v) is 3.17. The number of anilines is 1. The van der Waals surface area contributed by atoms with Crippen LogP contribution in [0, 0.1) is 5.92 Å². The van der Waals surface area contributed by atoms with Crippen molar-refractivity contribution in [3.63, 3.8) is 0 Å². The zero-order valence-electron chi connectivity index (χ0n) is 10.9. The summed E-state index contributed by atoms with van der Waals surface area (Å²) in [5.41, 5.74) is 3.48. The Balaban J connectivity index is 2.00. The lowest BCUT2D eigenvalue weighted by molar-refractivity contribution is -0.118. The van der Waals surface area contributed by atoms with Crippen LogP contribution in [0.4, 0.5) is 5.69 Å². The molecule has 2 atom stereocenters.